The molecule has 21 heavy (non-hydrogen) atoms. The van der Waals surface area contributed by atoms with Crippen LogP contribution in [0.5, 0.6) is 0 Å². The van der Waals surface area contributed by atoms with Gasteiger partial charge in [0.1, 0.15) is 10.8 Å². The Morgan fingerprint density at radius 3 is 2.71 bits per heavy atom. The van der Waals surface area contributed by atoms with Crippen LogP contribution in [0.2, 0.25) is 0 Å². The smallest absolute Gasteiger partial charge is 0.263 e. The highest BCUT2D eigenvalue weighted by Crippen LogP contribution is 2.21. The van der Waals surface area contributed by atoms with Crippen LogP contribution in [0.15, 0.2) is 23.1 Å². The van der Waals surface area contributed by atoms with Crippen molar-refractivity contribution in [2.75, 3.05) is 11.3 Å². The lowest BCUT2D eigenvalue weighted by Crippen LogP contribution is -2.16. The summed E-state index contributed by atoms with van der Waals surface area (Å²) in [6.07, 6.45) is 0. The van der Waals surface area contributed by atoms with Gasteiger partial charge in [-0.1, -0.05) is 18.3 Å². The van der Waals surface area contributed by atoms with E-state index in [1.807, 2.05) is 6.92 Å². The number of halogens is 1. The first-order valence-electron chi connectivity index (χ1n) is 6.24. The van der Waals surface area contributed by atoms with E-state index >= 15 is 0 Å². The minimum atomic E-state index is -3.80. The van der Waals surface area contributed by atoms with Gasteiger partial charge in [-0.2, -0.15) is 0 Å². The number of hydrogen-bond acceptors (Lipinski definition) is 6. The van der Waals surface area contributed by atoms with E-state index in [0.717, 1.165) is 17.4 Å². The highest BCUT2D eigenvalue weighted by Gasteiger charge is 2.18. The predicted molar refractivity (Wildman–Crippen MR) is 79.2 cm³/mol. The first-order valence-corrected chi connectivity index (χ1v) is 8.54. The summed E-state index contributed by atoms with van der Waals surface area (Å²) in [4.78, 5) is -0.00958. The van der Waals surface area contributed by atoms with E-state index in [1.54, 1.807) is 6.92 Å². The molecule has 1 aromatic carbocycles. The van der Waals surface area contributed by atoms with E-state index in [2.05, 4.69) is 20.2 Å². The number of sulfonamides is 1. The molecule has 1 aromatic heterocycles. The molecule has 2 aromatic rings. The maximum atomic E-state index is 13.6. The largest absolute Gasteiger partial charge is 0.313 e. The zero-order valence-electron chi connectivity index (χ0n) is 11.6. The zero-order valence-corrected chi connectivity index (χ0v) is 13.2. The van der Waals surface area contributed by atoms with Crippen molar-refractivity contribution in [1.82, 2.24) is 15.5 Å². The third-order valence-electron chi connectivity index (χ3n) is 2.64. The maximum absolute atomic E-state index is 13.6. The summed E-state index contributed by atoms with van der Waals surface area (Å²) in [5.74, 6) is -0.443. The van der Waals surface area contributed by atoms with Gasteiger partial charge in [-0.15, -0.1) is 10.2 Å². The topological polar surface area (TPSA) is 84.0 Å². The van der Waals surface area contributed by atoms with Gasteiger partial charge < -0.3 is 5.32 Å². The molecular weight excluding hydrogens is 315 g/mol. The van der Waals surface area contributed by atoms with E-state index in [4.69, 9.17) is 0 Å². The number of hydrogen-bond donors (Lipinski definition) is 2. The Kier molecular flexibility index (Phi) is 4.86. The third-order valence-corrected chi connectivity index (χ3v) is 4.86. The highest BCUT2D eigenvalue weighted by molar-refractivity contribution is 7.93. The molecule has 9 heteroatoms. The molecule has 0 bridgehead atoms. The molecule has 114 valence electrons. The molecule has 0 saturated heterocycles. The van der Waals surface area contributed by atoms with Gasteiger partial charge in [0.2, 0.25) is 5.13 Å². The van der Waals surface area contributed by atoms with E-state index < -0.39 is 15.8 Å². The fraction of sp³-hybridized carbons (Fsp3) is 0.333. The summed E-state index contributed by atoms with van der Waals surface area (Å²) < 4.78 is 40.4. The summed E-state index contributed by atoms with van der Waals surface area (Å²) in [5, 5.41) is 11.2. The first kappa shape index (κ1) is 15.8. The Morgan fingerprint density at radius 2 is 2.10 bits per heavy atom. The molecule has 2 N–H and O–H groups in total. The lowest BCUT2D eigenvalue weighted by atomic mass is 10.2. The lowest BCUT2D eigenvalue weighted by molar-refractivity contribution is 0.586. The number of aryl methyl sites for hydroxylation is 1. The average Bonchev–Trinajstić information content (AvgIpc) is 2.82. The molecule has 0 radical (unpaired) electrons. The predicted octanol–water partition coefficient (Wildman–Crippen LogP) is 1.90. The Labute approximate surface area is 126 Å². The summed E-state index contributed by atoms with van der Waals surface area (Å²) >= 11 is 1.13. The standard InChI is InChI=1S/C12H15FN4O2S2/c1-3-14-7-9-6-10(4-5-11(9)13)21(18,19)17-12-16-15-8(2)20-12/h4-6,14H,3,7H2,1-2H3,(H,16,17). The van der Waals surface area contributed by atoms with Gasteiger partial charge >= 0.3 is 0 Å². The summed E-state index contributed by atoms with van der Waals surface area (Å²) in [5.41, 5.74) is 0.299. The molecule has 6 nitrogen and oxygen atoms in total. The molecule has 0 aliphatic carbocycles. The van der Waals surface area contributed by atoms with Gasteiger partial charge in [-0.05, 0) is 31.7 Å². The molecule has 0 fully saturated rings. The molecule has 2 rings (SSSR count). The second-order valence-corrected chi connectivity index (χ2v) is 7.13. The van der Waals surface area contributed by atoms with Gasteiger partial charge in [0.15, 0.2) is 0 Å². The zero-order chi connectivity index (χ0) is 15.5. The van der Waals surface area contributed by atoms with Crippen LogP contribution in [0.1, 0.15) is 17.5 Å². The Morgan fingerprint density at radius 1 is 1.33 bits per heavy atom. The molecule has 0 unspecified atom stereocenters. The van der Waals surface area contributed by atoms with Crippen LogP contribution < -0.4 is 10.0 Å². The van der Waals surface area contributed by atoms with Crippen molar-refractivity contribution < 1.29 is 12.8 Å². The molecule has 0 saturated carbocycles. The van der Waals surface area contributed by atoms with Crippen LogP contribution in [-0.4, -0.2) is 25.2 Å². The fourth-order valence-electron chi connectivity index (χ4n) is 1.63. The molecule has 0 atom stereocenters. The first-order chi connectivity index (χ1) is 9.92. The fourth-order valence-corrected chi connectivity index (χ4v) is 3.50. The quantitative estimate of drug-likeness (QED) is 0.845. The average molecular weight is 330 g/mol. The number of nitrogens with zero attached hydrogens (tertiary/aromatic N) is 2. The monoisotopic (exact) mass is 330 g/mol. The van der Waals surface area contributed by atoms with Crippen molar-refractivity contribution in [3.8, 4) is 0 Å². The number of rotatable bonds is 6. The van der Waals surface area contributed by atoms with Gasteiger partial charge in [0.05, 0.1) is 4.90 Å². The van der Waals surface area contributed by atoms with Crippen molar-refractivity contribution >= 4 is 26.5 Å². The van der Waals surface area contributed by atoms with Crippen LogP contribution in [-0.2, 0) is 16.6 Å². The number of aromatic nitrogens is 2. The number of anilines is 1. The van der Waals surface area contributed by atoms with Crippen molar-refractivity contribution in [3.63, 3.8) is 0 Å². The Hall–Kier alpha value is -1.58. The number of benzene rings is 1. The van der Waals surface area contributed by atoms with Crippen LogP contribution >= 0.6 is 11.3 Å². The summed E-state index contributed by atoms with van der Waals surface area (Å²) in [6, 6.07) is 3.68. The van der Waals surface area contributed by atoms with Crippen LogP contribution in [0, 0.1) is 12.7 Å². The Bertz CT molecular complexity index is 731. The van der Waals surface area contributed by atoms with E-state index in [1.165, 1.54) is 12.1 Å². The van der Waals surface area contributed by atoms with Crippen LogP contribution in [0.4, 0.5) is 9.52 Å². The minimum absolute atomic E-state index is 0.00958. The van der Waals surface area contributed by atoms with Crippen LogP contribution in [0.3, 0.4) is 0 Å². The van der Waals surface area contributed by atoms with E-state index in [9.17, 15) is 12.8 Å². The van der Waals surface area contributed by atoms with Crippen molar-refractivity contribution in [2.45, 2.75) is 25.3 Å². The molecular formula is C12H15FN4O2S2. The summed E-state index contributed by atoms with van der Waals surface area (Å²) in [6.45, 7) is 4.54. The molecule has 0 aliphatic heterocycles. The molecule has 1 heterocycles. The highest BCUT2D eigenvalue weighted by atomic mass is 32.2. The van der Waals surface area contributed by atoms with Gasteiger partial charge in [0.25, 0.3) is 10.0 Å². The molecule has 0 spiro atoms. The van der Waals surface area contributed by atoms with Crippen LogP contribution in [0.25, 0.3) is 0 Å². The van der Waals surface area contributed by atoms with Crippen molar-refractivity contribution in [1.29, 1.82) is 0 Å². The number of nitrogens with one attached hydrogen (secondary N) is 2. The SMILES string of the molecule is CCNCc1cc(S(=O)(=O)Nc2nnc(C)s2)ccc1F. The molecule has 0 amide bonds. The summed E-state index contributed by atoms with van der Waals surface area (Å²) in [7, 11) is -3.80. The van der Waals surface area contributed by atoms with Gasteiger partial charge in [0, 0.05) is 12.1 Å². The van der Waals surface area contributed by atoms with E-state index in [0.29, 0.717) is 17.1 Å². The maximum Gasteiger partial charge on any atom is 0.263 e. The lowest BCUT2D eigenvalue weighted by Gasteiger charge is -2.08. The van der Waals surface area contributed by atoms with E-state index in [-0.39, 0.29) is 16.6 Å². The normalized spacial score (nSPS) is 11.6. The molecule has 0 aliphatic rings. The third kappa shape index (κ3) is 3.96. The van der Waals surface area contributed by atoms with Crippen molar-refractivity contribution in [2.24, 2.45) is 0 Å². The Balaban J connectivity index is 2.27. The second-order valence-electron chi connectivity index (χ2n) is 4.27. The second kappa shape index (κ2) is 6.46. The van der Waals surface area contributed by atoms with Crippen molar-refractivity contribution in [3.05, 3.63) is 34.6 Å². The van der Waals surface area contributed by atoms with Gasteiger partial charge in [-0.3, -0.25) is 4.72 Å². The minimum Gasteiger partial charge on any atom is -0.313 e. The van der Waals surface area contributed by atoms with Gasteiger partial charge in [-0.25, -0.2) is 12.8 Å².